The maximum Gasteiger partial charge on any atom is 0.264 e. The topological polar surface area (TPSA) is 70.7 Å². The largest absolute Gasteiger partial charge is 0.482 e. The molecule has 1 aliphatic heterocycles. The van der Waals surface area contributed by atoms with Gasteiger partial charge in [-0.2, -0.15) is 0 Å². The van der Waals surface area contributed by atoms with E-state index in [2.05, 4.69) is 10.6 Å². The van der Waals surface area contributed by atoms with Crippen LogP contribution in [0.4, 0.5) is 11.4 Å². The molecule has 0 fully saturated rings. The highest BCUT2D eigenvalue weighted by atomic mass is 35.5. The molecular formula is C12H16ClN3O3. The summed E-state index contributed by atoms with van der Waals surface area (Å²) < 4.78 is 5.30. The third-order valence-electron chi connectivity index (χ3n) is 2.67. The zero-order valence-corrected chi connectivity index (χ0v) is 11.5. The van der Waals surface area contributed by atoms with Gasteiger partial charge in [-0.25, -0.2) is 0 Å². The van der Waals surface area contributed by atoms with E-state index in [1.54, 1.807) is 32.3 Å². The number of hydrogen-bond acceptors (Lipinski definition) is 4. The molecule has 1 aliphatic rings. The van der Waals surface area contributed by atoms with Crippen LogP contribution in [-0.4, -0.2) is 39.1 Å². The molecule has 0 saturated carbocycles. The Morgan fingerprint density at radius 1 is 1.47 bits per heavy atom. The molecule has 1 aromatic carbocycles. The van der Waals surface area contributed by atoms with E-state index in [4.69, 9.17) is 4.74 Å². The van der Waals surface area contributed by atoms with Crippen molar-refractivity contribution in [2.75, 3.05) is 37.5 Å². The first-order valence-corrected chi connectivity index (χ1v) is 5.59. The minimum atomic E-state index is -0.136. The van der Waals surface area contributed by atoms with Gasteiger partial charge < -0.3 is 20.3 Å². The number of nitrogens with one attached hydrogen (secondary N) is 2. The Labute approximate surface area is 117 Å². The lowest BCUT2D eigenvalue weighted by molar-refractivity contribution is -0.121. The van der Waals surface area contributed by atoms with Gasteiger partial charge in [-0.05, 0) is 25.2 Å². The van der Waals surface area contributed by atoms with Crippen molar-refractivity contribution in [3.63, 3.8) is 0 Å². The Morgan fingerprint density at radius 2 is 2.21 bits per heavy atom. The van der Waals surface area contributed by atoms with E-state index in [1.165, 1.54) is 4.90 Å². The molecule has 2 amide bonds. The number of hydrogen-bond donors (Lipinski definition) is 2. The van der Waals surface area contributed by atoms with E-state index >= 15 is 0 Å². The van der Waals surface area contributed by atoms with Gasteiger partial charge in [0.1, 0.15) is 5.75 Å². The second-order valence-corrected chi connectivity index (χ2v) is 4.00. The van der Waals surface area contributed by atoms with Crippen molar-refractivity contribution >= 4 is 35.6 Å². The first-order chi connectivity index (χ1) is 8.61. The summed E-state index contributed by atoms with van der Waals surface area (Å²) in [4.78, 5) is 24.5. The Hall–Kier alpha value is -1.79. The summed E-state index contributed by atoms with van der Waals surface area (Å²) in [7, 11) is 3.38. The Bertz CT molecular complexity index is 493. The van der Waals surface area contributed by atoms with Crippen LogP contribution in [0.1, 0.15) is 0 Å². The zero-order chi connectivity index (χ0) is 13.1. The van der Waals surface area contributed by atoms with Crippen LogP contribution in [0.5, 0.6) is 5.75 Å². The smallest absolute Gasteiger partial charge is 0.264 e. The summed E-state index contributed by atoms with van der Waals surface area (Å²) in [6.45, 7) is 0.289. The molecule has 104 valence electrons. The summed E-state index contributed by atoms with van der Waals surface area (Å²) in [5, 5.41) is 5.50. The van der Waals surface area contributed by atoms with E-state index < -0.39 is 0 Å². The predicted molar refractivity (Wildman–Crippen MR) is 75.2 cm³/mol. The molecule has 1 aromatic rings. The molecule has 0 aromatic heterocycles. The molecule has 1 heterocycles. The van der Waals surface area contributed by atoms with Gasteiger partial charge in [0.2, 0.25) is 5.91 Å². The van der Waals surface area contributed by atoms with Crippen LogP contribution in [0.3, 0.4) is 0 Å². The quantitative estimate of drug-likeness (QED) is 0.854. The SMILES string of the molecule is CNCC(=O)Nc1ccc2c(c1)N(C)C(=O)CO2.Cl. The minimum absolute atomic E-state index is 0. The lowest BCUT2D eigenvalue weighted by Gasteiger charge is -2.26. The number of benzene rings is 1. The molecule has 0 aliphatic carbocycles. The molecule has 2 rings (SSSR count). The van der Waals surface area contributed by atoms with E-state index in [1.807, 2.05) is 0 Å². The van der Waals surface area contributed by atoms with Crippen molar-refractivity contribution in [3.05, 3.63) is 18.2 Å². The normalized spacial score (nSPS) is 13.2. The van der Waals surface area contributed by atoms with Gasteiger partial charge in [0, 0.05) is 12.7 Å². The van der Waals surface area contributed by atoms with Crippen LogP contribution in [0.25, 0.3) is 0 Å². The van der Waals surface area contributed by atoms with E-state index in [0.29, 0.717) is 17.1 Å². The zero-order valence-electron chi connectivity index (χ0n) is 10.7. The van der Waals surface area contributed by atoms with Crippen molar-refractivity contribution < 1.29 is 14.3 Å². The van der Waals surface area contributed by atoms with Crippen LogP contribution >= 0.6 is 12.4 Å². The molecule has 7 heteroatoms. The summed E-state index contributed by atoms with van der Waals surface area (Å²) in [5.41, 5.74) is 1.30. The molecule has 0 atom stereocenters. The van der Waals surface area contributed by atoms with Crippen LogP contribution in [0.15, 0.2) is 18.2 Å². The lowest BCUT2D eigenvalue weighted by Crippen LogP contribution is -2.35. The average molecular weight is 286 g/mol. The third kappa shape index (κ3) is 3.36. The Balaban J connectivity index is 0.00000180. The van der Waals surface area contributed by atoms with Crippen molar-refractivity contribution in [2.24, 2.45) is 0 Å². The fourth-order valence-electron chi connectivity index (χ4n) is 1.72. The molecule has 6 nitrogen and oxygen atoms in total. The minimum Gasteiger partial charge on any atom is -0.482 e. The Kier molecular flexibility index (Phi) is 5.14. The number of carbonyl (C=O) groups excluding carboxylic acids is 2. The highest BCUT2D eigenvalue weighted by Crippen LogP contribution is 2.33. The summed E-state index contributed by atoms with van der Waals surface area (Å²) in [6, 6.07) is 5.21. The van der Waals surface area contributed by atoms with Gasteiger partial charge in [-0.1, -0.05) is 0 Å². The highest BCUT2D eigenvalue weighted by molar-refractivity contribution is 5.99. The van der Waals surface area contributed by atoms with Crippen LogP contribution in [0, 0.1) is 0 Å². The van der Waals surface area contributed by atoms with Gasteiger partial charge in [0.25, 0.3) is 5.91 Å². The number of nitrogens with zero attached hydrogens (tertiary/aromatic N) is 1. The van der Waals surface area contributed by atoms with Crippen molar-refractivity contribution in [3.8, 4) is 5.75 Å². The molecule has 0 bridgehead atoms. The van der Waals surface area contributed by atoms with Crippen molar-refractivity contribution in [1.82, 2.24) is 5.32 Å². The van der Waals surface area contributed by atoms with Crippen LogP contribution < -0.4 is 20.3 Å². The number of amides is 2. The average Bonchev–Trinajstić information content (AvgIpc) is 2.35. The number of halogens is 1. The molecular weight excluding hydrogens is 270 g/mol. The second-order valence-electron chi connectivity index (χ2n) is 4.00. The first kappa shape index (κ1) is 15.3. The monoisotopic (exact) mass is 285 g/mol. The van der Waals surface area contributed by atoms with Crippen LogP contribution in [-0.2, 0) is 9.59 Å². The van der Waals surface area contributed by atoms with Gasteiger partial charge in [0.05, 0.1) is 12.2 Å². The standard InChI is InChI=1S/C12H15N3O3.ClH/c1-13-6-11(16)14-8-3-4-10-9(5-8)15(2)12(17)7-18-10;/h3-5,13H,6-7H2,1-2H3,(H,14,16);1H. The maximum atomic E-state index is 11.5. The van der Waals surface area contributed by atoms with Crippen molar-refractivity contribution in [1.29, 1.82) is 0 Å². The van der Waals surface area contributed by atoms with E-state index in [9.17, 15) is 9.59 Å². The number of carbonyl (C=O) groups is 2. The molecule has 2 N–H and O–H groups in total. The van der Waals surface area contributed by atoms with Gasteiger partial charge in [-0.15, -0.1) is 12.4 Å². The number of ether oxygens (including phenoxy) is 1. The summed E-state index contributed by atoms with van der Waals surface area (Å²) in [6.07, 6.45) is 0. The maximum absolute atomic E-state index is 11.5. The number of likely N-dealkylation sites (N-methyl/N-ethyl adjacent to an activating group) is 2. The van der Waals surface area contributed by atoms with Gasteiger partial charge >= 0.3 is 0 Å². The molecule has 19 heavy (non-hydrogen) atoms. The molecule has 0 saturated heterocycles. The summed E-state index contributed by atoms with van der Waals surface area (Å²) >= 11 is 0. The number of anilines is 2. The first-order valence-electron chi connectivity index (χ1n) is 5.59. The fourth-order valence-corrected chi connectivity index (χ4v) is 1.72. The highest BCUT2D eigenvalue weighted by Gasteiger charge is 2.22. The fraction of sp³-hybridized carbons (Fsp3) is 0.333. The van der Waals surface area contributed by atoms with Crippen molar-refractivity contribution in [2.45, 2.75) is 0 Å². The second kappa shape index (κ2) is 6.40. The van der Waals surface area contributed by atoms with Gasteiger partial charge in [0.15, 0.2) is 6.61 Å². The van der Waals surface area contributed by atoms with Gasteiger partial charge in [-0.3, -0.25) is 9.59 Å². The molecule has 0 spiro atoms. The van der Waals surface area contributed by atoms with Crippen LogP contribution in [0.2, 0.25) is 0 Å². The third-order valence-corrected chi connectivity index (χ3v) is 2.67. The predicted octanol–water partition coefficient (Wildman–Crippen LogP) is 0.621. The lowest BCUT2D eigenvalue weighted by atomic mass is 10.2. The molecule has 0 radical (unpaired) electrons. The van der Waals surface area contributed by atoms with E-state index in [-0.39, 0.29) is 37.4 Å². The summed E-state index contributed by atoms with van der Waals surface area (Å²) in [5.74, 6) is 0.396. The number of rotatable bonds is 3. The van der Waals surface area contributed by atoms with E-state index in [0.717, 1.165) is 0 Å². The number of fused-ring (bicyclic) bond motifs is 1. The Morgan fingerprint density at radius 3 is 2.89 bits per heavy atom. The molecule has 0 unspecified atom stereocenters.